The zero-order valence-electron chi connectivity index (χ0n) is 8.55. The van der Waals surface area contributed by atoms with Crippen LogP contribution in [0.3, 0.4) is 0 Å². The first kappa shape index (κ1) is 9.56. The van der Waals surface area contributed by atoms with Crippen LogP contribution in [-0.2, 0) is 4.79 Å². The lowest BCUT2D eigenvalue weighted by Crippen LogP contribution is -2.47. The van der Waals surface area contributed by atoms with E-state index in [4.69, 9.17) is 0 Å². The van der Waals surface area contributed by atoms with Gasteiger partial charge in [-0.2, -0.15) is 0 Å². The van der Waals surface area contributed by atoms with Crippen LogP contribution in [0, 0.1) is 5.92 Å². The molecular weight excluding hydrogens is 150 g/mol. The highest BCUT2D eigenvalue weighted by atomic mass is 16.2. The summed E-state index contributed by atoms with van der Waals surface area (Å²) in [5.41, 5.74) is 0.117. The van der Waals surface area contributed by atoms with Gasteiger partial charge in [-0.15, -0.1) is 0 Å². The second-order valence-corrected chi connectivity index (χ2v) is 4.29. The van der Waals surface area contributed by atoms with Crippen molar-refractivity contribution in [2.45, 2.75) is 46.1 Å². The van der Waals surface area contributed by atoms with Gasteiger partial charge in [0.2, 0.25) is 5.91 Å². The van der Waals surface area contributed by atoms with Crippen LogP contribution in [0.4, 0.5) is 0 Å². The molecule has 1 amide bonds. The molecule has 70 valence electrons. The third-order valence-electron chi connectivity index (χ3n) is 3.31. The molecule has 0 radical (unpaired) electrons. The molecule has 1 aliphatic heterocycles. The fourth-order valence-corrected chi connectivity index (χ4v) is 2.10. The van der Waals surface area contributed by atoms with E-state index in [2.05, 4.69) is 20.8 Å². The van der Waals surface area contributed by atoms with E-state index in [0.717, 1.165) is 19.4 Å². The summed E-state index contributed by atoms with van der Waals surface area (Å²) < 4.78 is 0. The first-order valence-corrected chi connectivity index (χ1v) is 4.76. The van der Waals surface area contributed by atoms with Crippen LogP contribution in [0.15, 0.2) is 0 Å². The number of rotatable bonds is 1. The number of carbonyl (C=O) groups is 1. The molecule has 1 atom stereocenters. The predicted octanol–water partition coefficient (Wildman–Crippen LogP) is 2.04. The SMILES string of the molecule is CC(=O)N1CCCC1(C)C(C)C. The monoisotopic (exact) mass is 169 g/mol. The Hall–Kier alpha value is -0.530. The average molecular weight is 169 g/mol. The zero-order chi connectivity index (χ0) is 9.35. The molecule has 2 heteroatoms. The molecule has 1 aliphatic rings. The topological polar surface area (TPSA) is 20.3 Å². The average Bonchev–Trinajstić information content (AvgIpc) is 2.32. The van der Waals surface area contributed by atoms with E-state index in [9.17, 15) is 4.79 Å². The van der Waals surface area contributed by atoms with Gasteiger partial charge in [0.15, 0.2) is 0 Å². The van der Waals surface area contributed by atoms with Crippen molar-refractivity contribution < 1.29 is 4.79 Å². The number of carbonyl (C=O) groups excluding carboxylic acids is 1. The Morgan fingerprint density at radius 2 is 2.08 bits per heavy atom. The fraction of sp³-hybridized carbons (Fsp3) is 0.900. The lowest BCUT2D eigenvalue weighted by molar-refractivity contribution is -0.133. The largest absolute Gasteiger partial charge is 0.337 e. The van der Waals surface area contributed by atoms with Gasteiger partial charge in [0.25, 0.3) is 0 Å². The van der Waals surface area contributed by atoms with E-state index in [-0.39, 0.29) is 11.4 Å². The number of nitrogens with zero attached hydrogens (tertiary/aromatic N) is 1. The van der Waals surface area contributed by atoms with Gasteiger partial charge >= 0.3 is 0 Å². The van der Waals surface area contributed by atoms with Crippen molar-refractivity contribution in [2.24, 2.45) is 5.92 Å². The third kappa shape index (κ3) is 1.35. The van der Waals surface area contributed by atoms with Gasteiger partial charge in [0.05, 0.1) is 0 Å². The standard InChI is InChI=1S/C10H19NO/c1-8(2)10(4)6-5-7-11(10)9(3)12/h8H,5-7H2,1-4H3. The summed E-state index contributed by atoms with van der Waals surface area (Å²) in [5, 5.41) is 0. The molecule has 1 fully saturated rings. The van der Waals surface area contributed by atoms with E-state index in [1.165, 1.54) is 0 Å². The zero-order valence-corrected chi connectivity index (χ0v) is 8.55. The van der Waals surface area contributed by atoms with Gasteiger partial charge in [0.1, 0.15) is 0 Å². The molecule has 1 unspecified atom stereocenters. The highest BCUT2D eigenvalue weighted by Gasteiger charge is 2.40. The van der Waals surface area contributed by atoms with Gasteiger partial charge in [-0.25, -0.2) is 0 Å². The van der Waals surface area contributed by atoms with Crippen LogP contribution in [0.25, 0.3) is 0 Å². The quantitative estimate of drug-likeness (QED) is 0.588. The molecule has 0 saturated carbocycles. The molecule has 1 saturated heterocycles. The third-order valence-corrected chi connectivity index (χ3v) is 3.31. The maximum Gasteiger partial charge on any atom is 0.219 e. The normalized spacial score (nSPS) is 29.9. The Morgan fingerprint density at radius 3 is 2.42 bits per heavy atom. The second kappa shape index (κ2) is 3.08. The van der Waals surface area contributed by atoms with Crippen LogP contribution in [0.1, 0.15) is 40.5 Å². The van der Waals surface area contributed by atoms with Crippen LogP contribution in [-0.4, -0.2) is 22.9 Å². The Balaban J connectivity index is 2.81. The van der Waals surface area contributed by atoms with Gasteiger partial charge in [-0.05, 0) is 25.7 Å². The van der Waals surface area contributed by atoms with Crippen molar-refractivity contribution in [1.82, 2.24) is 4.90 Å². The van der Waals surface area contributed by atoms with E-state index >= 15 is 0 Å². The van der Waals surface area contributed by atoms with Crippen LogP contribution in [0.2, 0.25) is 0 Å². The maximum atomic E-state index is 11.3. The lowest BCUT2D eigenvalue weighted by Gasteiger charge is -2.38. The first-order chi connectivity index (χ1) is 5.48. The minimum atomic E-state index is 0.117. The summed E-state index contributed by atoms with van der Waals surface area (Å²) in [6.07, 6.45) is 2.32. The van der Waals surface area contributed by atoms with E-state index in [1.54, 1.807) is 6.92 Å². The van der Waals surface area contributed by atoms with Gasteiger partial charge < -0.3 is 4.90 Å². The fourth-order valence-electron chi connectivity index (χ4n) is 2.10. The minimum Gasteiger partial charge on any atom is -0.337 e. The minimum absolute atomic E-state index is 0.117. The van der Waals surface area contributed by atoms with Crippen LogP contribution < -0.4 is 0 Å². The molecule has 2 nitrogen and oxygen atoms in total. The number of hydrogen-bond donors (Lipinski definition) is 0. The Kier molecular flexibility index (Phi) is 2.45. The second-order valence-electron chi connectivity index (χ2n) is 4.29. The molecule has 0 aromatic heterocycles. The maximum absolute atomic E-state index is 11.3. The summed E-state index contributed by atoms with van der Waals surface area (Å²) >= 11 is 0. The van der Waals surface area contributed by atoms with Crippen molar-refractivity contribution in [1.29, 1.82) is 0 Å². The van der Waals surface area contributed by atoms with Crippen molar-refractivity contribution in [3.8, 4) is 0 Å². The Labute approximate surface area is 74.9 Å². The number of amides is 1. The first-order valence-electron chi connectivity index (χ1n) is 4.76. The van der Waals surface area contributed by atoms with Gasteiger partial charge in [0, 0.05) is 19.0 Å². The number of hydrogen-bond acceptors (Lipinski definition) is 1. The molecule has 1 heterocycles. The van der Waals surface area contributed by atoms with E-state index < -0.39 is 0 Å². The van der Waals surface area contributed by atoms with Crippen molar-refractivity contribution >= 4 is 5.91 Å². The molecule has 12 heavy (non-hydrogen) atoms. The molecule has 0 aliphatic carbocycles. The molecule has 0 spiro atoms. The molecule has 0 N–H and O–H groups in total. The highest BCUT2D eigenvalue weighted by Crippen LogP contribution is 2.35. The van der Waals surface area contributed by atoms with Gasteiger partial charge in [-0.1, -0.05) is 13.8 Å². The van der Waals surface area contributed by atoms with Crippen molar-refractivity contribution in [3.05, 3.63) is 0 Å². The number of likely N-dealkylation sites (tertiary alicyclic amines) is 1. The smallest absolute Gasteiger partial charge is 0.219 e. The summed E-state index contributed by atoms with van der Waals surface area (Å²) in [6.45, 7) is 9.21. The molecular formula is C10H19NO. The lowest BCUT2D eigenvalue weighted by atomic mass is 9.86. The Bertz CT molecular complexity index is 188. The summed E-state index contributed by atoms with van der Waals surface area (Å²) in [6, 6.07) is 0. The van der Waals surface area contributed by atoms with Crippen LogP contribution in [0.5, 0.6) is 0 Å². The molecule has 0 bridgehead atoms. The van der Waals surface area contributed by atoms with Crippen molar-refractivity contribution in [2.75, 3.05) is 6.54 Å². The molecule has 0 aromatic rings. The van der Waals surface area contributed by atoms with Crippen molar-refractivity contribution in [3.63, 3.8) is 0 Å². The molecule has 1 rings (SSSR count). The van der Waals surface area contributed by atoms with E-state index in [1.807, 2.05) is 4.90 Å². The van der Waals surface area contributed by atoms with E-state index in [0.29, 0.717) is 5.92 Å². The predicted molar refractivity (Wildman–Crippen MR) is 49.9 cm³/mol. The van der Waals surface area contributed by atoms with Crippen LogP contribution >= 0.6 is 0 Å². The summed E-state index contributed by atoms with van der Waals surface area (Å²) in [5.74, 6) is 0.785. The Morgan fingerprint density at radius 1 is 1.50 bits per heavy atom. The summed E-state index contributed by atoms with van der Waals surface area (Å²) in [7, 11) is 0. The highest BCUT2D eigenvalue weighted by molar-refractivity contribution is 5.74. The molecule has 0 aromatic carbocycles. The van der Waals surface area contributed by atoms with Gasteiger partial charge in [-0.3, -0.25) is 4.79 Å². The summed E-state index contributed by atoms with van der Waals surface area (Å²) in [4.78, 5) is 13.3.